The minimum atomic E-state index is -0.184. The van der Waals surface area contributed by atoms with E-state index in [2.05, 4.69) is 10.4 Å². The highest BCUT2D eigenvalue weighted by molar-refractivity contribution is 6.02. The highest BCUT2D eigenvalue weighted by Crippen LogP contribution is 2.31. The van der Waals surface area contributed by atoms with Gasteiger partial charge in [-0.1, -0.05) is 6.07 Å². The van der Waals surface area contributed by atoms with E-state index >= 15 is 0 Å². The number of nitrogens with one attached hydrogen (secondary N) is 1. The molecular weight excluding hydrogens is 304 g/mol. The predicted molar refractivity (Wildman–Crippen MR) is 90.8 cm³/mol. The monoisotopic (exact) mass is 324 g/mol. The van der Waals surface area contributed by atoms with Crippen molar-refractivity contribution in [2.75, 3.05) is 13.2 Å². The van der Waals surface area contributed by atoms with Crippen LogP contribution >= 0.6 is 0 Å². The summed E-state index contributed by atoms with van der Waals surface area (Å²) in [4.78, 5) is 12.4. The van der Waals surface area contributed by atoms with Crippen LogP contribution in [0.2, 0.25) is 0 Å². The number of aliphatic hydroxyl groups is 1. The van der Waals surface area contributed by atoms with Crippen LogP contribution in [0.25, 0.3) is 16.9 Å². The third-order valence-corrected chi connectivity index (χ3v) is 4.36. The van der Waals surface area contributed by atoms with E-state index < -0.39 is 0 Å². The van der Waals surface area contributed by atoms with Gasteiger partial charge in [0.25, 0.3) is 5.91 Å². The largest absolute Gasteiger partial charge is 0.395 e. The van der Waals surface area contributed by atoms with E-state index in [-0.39, 0.29) is 19.1 Å². The molecule has 1 aliphatic rings. The second-order valence-electron chi connectivity index (χ2n) is 6.25. The van der Waals surface area contributed by atoms with E-state index in [0.717, 1.165) is 29.4 Å². The molecule has 124 valence electrons. The summed E-state index contributed by atoms with van der Waals surface area (Å²) < 4.78 is 3.97. The lowest BCUT2D eigenvalue weighted by Gasteiger charge is -2.02. The Kier molecular flexibility index (Phi) is 3.82. The summed E-state index contributed by atoms with van der Waals surface area (Å²) in [6.07, 6.45) is 6.52. The van der Waals surface area contributed by atoms with Crippen LogP contribution in [0.4, 0.5) is 0 Å². The molecule has 0 aromatic carbocycles. The summed E-state index contributed by atoms with van der Waals surface area (Å²) >= 11 is 0. The zero-order valence-electron chi connectivity index (χ0n) is 13.4. The van der Waals surface area contributed by atoms with Crippen molar-refractivity contribution in [1.29, 1.82) is 0 Å². The maximum absolute atomic E-state index is 12.4. The zero-order valence-corrected chi connectivity index (χ0v) is 13.4. The predicted octanol–water partition coefficient (Wildman–Crippen LogP) is 1.93. The number of hydrogen-bond acceptors (Lipinski definition) is 3. The highest BCUT2D eigenvalue weighted by Gasteiger charge is 2.22. The van der Waals surface area contributed by atoms with Crippen LogP contribution in [-0.2, 0) is 6.54 Å². The Morgan fingerprint density at radius 2 is 2.17 bits per heavy atom. The first-order chi connectivity index (χ1) is 11.8. The van der Waals surface area contributed by atoms with Crippen molar-refractivity contribution >= 4 is 11.4 Å². The van der Waals surface area contributed by atoms with Gasteiger partial charge in [-0.05, 0) is 43.0 Å². The van der Waals surface area contributed by atoms with Gasteiger partial charge in [0.2, 0.25) is 0 Å². The van der Waals surface area contributed by atoms with Gasteiger partial charge in [-0.15, -0.1) is 0 Å². The summed E-state index contributed by atoms with van der Waals surface area (Å²) in [6.45, 7) is 1.14. The Morgan fingerprint density at radius 1 is 1.29 bits per heavy atom. The van der Waals surface area contributed by atoms with E-state index in [1.807, 2.05) is 51.8 Å². The highest BCUT2D eigenvalue weighted by atomic mass is 16.3. The molecule has 24 heavy (non-hydrogen) atoms. The molecular formula is C18H20N4O2. The van der Waals surface area contributed by atoms with Crippen LogP contribution in [0.15, 0.2) is 42.7 Å². The number of carbonyl (C=O) groups is 1. The standard InChI is InChI=1S/C18H20N4O2/c23-10-7-19-18(24)14-11-17(22-8-2-1-3-16(14)22)15-6-9-21(20-15)12-13-4-5-13/h1-3,6,8-9,11,13,23H,4-5,7,10,12H2,(H,19,24). The molecule has 0 bridgehead atoms. The fraction of sp³-hybridized carbons (Fsp3) is 0.333. The van der Waals surface area contributed by atoms with Gasteiger partial charge in [-0.2, -0.15) is 5.10 Å². The fourth-order valence-corrected chi connectivity index (χ4v) is 2.96. The number of rotatable bonds is 6. The maximum atomic E-state index is 12.4. The molecule has 4 rings (SSSR count). The minimum absolute atomic E-state index is 0.0735. The first-order valence-corrected chi connectivity index (χ1v) is 8.29. The van der Waals surface area contributed by atoms with Gasteiger partial charge in [0.05, 0.1) is 23.4 Å². The molecule has 0 radical (unpaired) electrons. The molecule has 0 atom stereocenters. The van der Waals surface area contributed by atoms with Crippen molar-refractivity contribution < 1.29 is 9.90 Å². The molecule has 0 unspecified atom stereocenters. The Balaban J connectivity index is 1.72. The molecule has 6 heteroatoms. The van der Waals surface area contributed by atoms with Gasteiger partial charge in [0.15, 0.2) is 0 Å². The van der Waals surface area contributed by atoms with Crippen molar-refractivity contribution in [2.24, 2.45) is 5.92 Å². The molecule has 1 aliphatic carbocycles. The average Bonchev–Trinajstić information content (AvgIpc) is 3.15. The SMILES string of the molecule is O=C(NCCO)c1cc(-c2ccn(CC3CC3)n2)n2ccccc12. The number of carbonyl (C=O) groups excluding carboxylic acids is 1. The van der Waals surface area contributed by atoms with E-state index in [1.54, 1.807) is 0 Å². The first-order valence-electron chi connectivity index (χ1n) is 8.29. The molecule has 0 spiro atoms. The molecule has 3 heterocycles. The Hall–Kier alpha value is -2.60. The number of pyridine rings is 1. The maximum Gasteiger partial charge on any atom is 0.253 e. The zero-order chi connectivity index (χ0) is 16.5. The molecule has 0 aliphatic heterocycles. The Morgan fingerprint density at radius 3 is 2.96 bits per heavy atom. The van der Waals surface area contributed by atoms with E-state index in [0.29, 0.717) is 5.56 Å². The number of fused-ring (bicyclic) bond motifs is 1. The van der Waals surface area contributed by atoms with Crippen LogP contribution < -0.4 is 5.32 Å². The van der Waals surface area contributed by atoms with E-state index in [1.165, 1.54) is 12.8 Å². The second-order valence-corrected chi connectivity index (χ2v) is 6.25. The summed E-state index contributed by atoms with van der Waals surface area (Å²) in [6, 6.07) is 9.62. The molecule has 1 fully saturated rings. The molecule has 6 nitrogen and oxygen atoms in total. The Labute approximate surface area is 139 Å². The van der Waals surface area contributed by atoms with Gasteiger partial charge in [0, 0.05) is 25.5 Å². The minimum Gasteiger partial charge on any atom is -0.395 e. The Bertz CT molecular complexity index is 876. The van der Waals surface area contributed by atoms with Gasteiger partial charge in [-0.3, -0.25) is 9.48 Å². The molecule has 3 aromatic heterocycles. The fourth-order valence-electron chi connectivity index (χ4n) is 2.96. The number of aromatic nitrogens is 3. The molecule has 0 saturated heterocycles. The number of hydrogen-bond donors (Lipinski definition) is 2. The smallest absolute Gasteiger partial charge is 0.253 e. The van der Waals surface area contributed by atoms with Crippen molar-refractivity contribution in [3.63, 3.8) is 0 Å². The third kappa shape index (κ3) is 2.80. The molecule has 1 saturated carbocycles. The van der Waals surface area contributed by atoms with Crippen LogP contribution in [0.3, 0.4) is 0 Å². The lowest BCUT2D eigenvalue weighted by Crippen LogP contribution is -2.26. The number of aliphatic hydroxyl groups excluding tert-OH is 1. The summed E-state index contributed by atoms with van der Waals surface area (Å²) in [5.41, 5.74) is 3.18. The molecule has 1 amide bonds. The first kappa shape index (κ1) is 15.0. The van der Waals surface area contributed by atoms with Crippen LogP contribution in [0.1, 0.15) is 23.2 Å². The average molecular weight is 324 g/mol. The van der Waals surface area contributed by atoms with Gasteiger partial charge < -0.3 is 14.8 Å². The quantitative estimate of drug-likeness (QED) is 0.728. The van der Waals surface area contributed by atoms with Gasteiger partial charge in [-0.25, -0.2) is 0 Å². The van der Waals surface area contributed by atoms with Gasteiger partial charge >= 0.3 is 0 Å². The topological polar surface area (TPSA) is 71.6 Å². The van der Waals surface area contributed by atoms with Crippen LogP contribution in [-0.4, -0.2) is 38.3 Å². The molecule has 3 aromatic rings. The summed E-state index contributed by atoms with van der Waals surface area (Å²) in [5, 5.41) is 16.3. The van der Waals surface area contributed by atoms with Crippen molar-refractivity contribution in [3.05, 3.63) is 48.3 Å². The van der Waals surface area contributed by atoms with Gasteiger partial charge in [0.1, 0.15) is 5.69 Å². The van der Waals surface area contributed by atoms with Crippen LogP contribution in [0.5, 0.6) is 0 Å². The van der Waals surface area contributed by atoms with E-state index in [9.17, 15) is 4.79 Å². The summed E-state index contributed by atoms with van der Waals surface area (Å²) in [7, 11) is 0. The van der Waals surface area contributed by atoms with E-state index in [4.69, 9.17) is 5.11 Å². The lowest BCUT2D eigenvalue weighted by molar-refractivity contribution is 0.0946. The second kappa shape index (κ2) is 6.13. The third-order valence-electron chi connectivity index (χ3n) is 4.36. The van der Waals surface area contributed by atoms with Crippen LogP contribution in [0, 0.1) is 5.92 Å². The number of nitrogens with zero attached hydrogens (tertiary/aromatic N) is 3. The summed E-state index contributed by atoms with van der Waals surface area (Å²) in [5.74, 6) is 0.582. The lowest BCUT2D eigenvalue weighted by atomic mass is 10.2. The molecule has 2 N–H and O–H groups in total. The van der Waals surface area contributed by atoms with Crippen molar-refractivity contribution in [1.82, 2.24) is 19.5 Å². The number of amides is 1. The normalized spacial score (nSPS) is 14.2. The van der Waals surface area contributed by atoms with Crippen molar-refractivity contribution in [3.8, 4) is 11.4 Å². The van der Waals surface area contributed by atoms with Crippen molar-refractivity contribution in [2.45, 2.75) is 19.4 Å².